The molecule has 1 aliphatic heterocycles. The number of ether oxygens (including phenoxy) is 2. The maximum Gasteiger partial charge on any atom is 0.128 e. The van der Waals surface area contributed by atoms with Gasteiger partial charge in [0.1, 0.15) is 17.6 Å². The largest absolute Gasteiger partial charge is 0.497 e. The second-order valence-electron chi connectivity index (χ2n) is 5.45. The van der Waals surface area contributed by atoms with Crippen LogP contribution in [0.15, 0.2) is 18.2 Å². The minimum atomic E-state index is 0.102. The molecule has 0 radical (unpaired) electrons. The van der Waals surface area contributed by atoms with Crippen LogP contribution in [-0.4, -0.2) is 13.2 Å². The molecule has 0 aromatic heterocycles. The van der Waals surface area contributed by atoms with E-state index in [2.05, 4.69) is 0 Å². The average Bonchev–Trinajstić information content (AvgIpc) is 2.91. The molecule has 3 rings (SSSR count). The SMILES string of the molecule is COc1ccc2c(c1)OC(C1CCCC1)CC2N. The molecule has 1 aromatic carbocycles. The first-order chi connectivity index (χ1) is 8.78. The van der Waals surface area contributed by atoms with Gasteiger partial charge in [0.05, 0.1) is 7.11 Å². The zero-order valence-corrected chi connectivity index (χ0v) is 10.9. The summed E-state index contributed by atoms with van der Waals surface area (Å²) in [5.74, 6) is 2.45. The summed E-state index contributed by atoms with van der Waals surface area (Å²) in [7, 11) is 1.68. The fraction of sp³-hybridized carbons (Fsp3) is 0.600. The number of fused-ring (bicyclic) bond motifs is 1. The monoisotopic (exact) mass is 247 g/mol. The Morgan fingerprint density at radius 1 is 1.28 bits per heavy atom. The topological polar surface area (TPSA) is 44.5 Å². The molecule has 98 valence electrons. The van der Waals surface area contributed by atoms with Crippen molar-refractivity contribution in [2.24, 2.45) is 11.7 Å². The molecule has 0 bridgehead atoms. The van der Waals surface area contributed by atoms with E-state index in [9.17, 15) is 0 Å². The molecule has 1 fully saturated rings. The number of benzene rings is 1. The van der Waals surface area contributed by atoms with E-state index in [-0.39, 0.29) is 6.04 Å². The summed E-state index contributed by atoms with van der Waals surface area (Å²) in [5.41, 5.74) is 7.39. The van der Waals surface area contributed by atoms with Crippen molar-refractivity contribution in [3.63, 3.8) is 0 Å². The van der Waals surface area contributed by atoms with Crippen LogP contribution < -0.4 is 15.2 Å². The van der Waals surface area contributed by atoms with Gasteiger partial charge in [-0.15, -0.1) is 0 Å². The third-order valence-electron chi connectivity index (χ3n) is 4.31. The van der Waals surface area contributed by atoms with Crippen molar-refractivity contribution < 1.29 is 9.47 Å². The van der Waals surface area contributed by atoms with Crippen molar-refractivity contribution in [2.75, 3.05) is 7.11 Å². The summed E-state index contributed by atoms with van der Waals surface area (Å²) in [4.78, 5) is 0. The highest BCUT2D eigenvalue weighted by Gasteiger charge is 2.33. The van der Waals surface area contributed by atoms with Crippen LogP contribution in [0.4, 0.5) is 0 Å². The molecule has 1 heterocycles. The van der Waals surface area contributed by atoms with Gasteiger partial charge in [-0.25, -0.2) is 0 Å². The lowest BCUT2D eigenvalue weighted by Gasteiger charge is -2.33. The zero-order chi connectivity index (χ0) is 12.5. The highest BCUT2D eigenvalue weighted by Crippen LogP contribution is 2.41. The second kappa shape index (κ2) is 4.81. The van der Waals surface area contributed by atoms with E-state index in [0.717, 1.165) is 23.5 Å². The lowest BCUT2D eigenvalue weighted by molar-refractivity contribution is 0.101. The highest BCUT2D eigenvalue weighted by molar-refractivity contribution is 5.43. The van der Waals surface area contributed by atoms with Crippen molar-refractivity contribution in [3.05, 3.63) is 23.8 Å². The summed E-state index contributed by atoms with van der Waals surface area (Å²) in [5, 5.41) is 0. The number of methoxy groups -OCH3 is 1. The van der Waals surface area contributed by atoms with Crippen molar-refractivity contribution in [1.29, 1.82) is 0 Å². The second-order valence-corrected chi connectivity index (χ2v) is 5.45. The molecular formula is C15H21NO2. The van der Waals surface area contributed by atoms with Gasteiger partial charge in [-0.1, -0.05) is 18.9 Å². The summed E-state index contributed by atoms with van der Waals surface area (Å²) in [6.45, 7) is 0. The fourth-order valence-electron chi connectivity index (χ4n) is 3.26. The van der Waals surface area contributed by atoms with Crippen LogP contribution in [0.25, 0.3) is 0 Å². The van der Waals surface area contributed by atoms with Crippen molar-refractivity contribution in [3.8, 4) is 11.5 Å². The molecule has 1 aromatic rings. The predicted molar refractivity (Wildman–Crippen MR) is 70.9 cm³/mol. The van der Waals surface area contributed by atoms with Crippen molar-refractivity contribution >= 4 is 0 Å². The summed E-state index contributed by atoms with van der Waals surface area (Å²) >= 11 is 0. The van der Waals surface area contributed by atoms with E-state index in [1.165, 1.54) is 25.7 Å². The van der Waals surface area contributed by atoms with Gasteiger partial charge in [0, 0.05) is 24.1 Å². The Morgan fingerprint density at radius 3 is 2.78 bits per heavy atom. The van der Waals surface area contributed by atoms with Crippen LogP contribution >= 0.6 is 0 Å². The van der Waals surface area contributed by atoms with E-state index in [0.29, 0.717) is 12.0 Å². The summed E-state index contributed by atoms with van der Waals surface area (Å²) < 4.78 is 11.4. The minimum Gasteiger partial charge on any atom is -0.497 e. The first-order valence-electron chi connectivity index (χ1n) is 6.88. The Bertz CT molecular complexity index is 427. The van der Waals surface area contributed by atoms with Crippen LogP contribution in [0, 0.1) is 5.92 Å². The standard InChI is InChI=1S/C15H21NO2/c1-17-11-6-7-12-13(16)9-14(18-15(12)8-11)10-4-2-3-5-10/h6-8,10,13-14H,2-5,9,16H2,1H3. The molecule has 2 atom stereocenters. The van der Waals surface area contributed by atoms with E-state index in [1.807, 2.05) is 18.2 Å². The maximum absolute atomic E-state index is 6.28. The van der Waals surface area contributed by atoms with Crippen molar-refractivity contribution in [1.82, 2.24) is 0 Å². The Hall–Kier alpha value is -1.22. The molecule has 0 spiro atoms. The van der Waals surface area contributed by atoms with E-state index >= 15 is 0 Å². The smallest absolute Gasteiger partial charge is 0.128 e. The number of hydrogen-bond acceptors (Lipinski definition) is 3. The fourth-order valence-corrected chi connectivity index (χ4v) is 3.26. The van der Waals surface area contributed by atoms with Gasteiger partial charge < -0.3 is 15.2 Å². The lowest BCUT2D eigenvalue weighted by atomic mass is 9.89. The summed E-state index contributed by atoms with van der Waals surface area (Å²) in [6, 6.07) is 6.06. The maximum atomic E-state index is 6.28. The Kier molecular flexibility index (Phi) is 3.16. The van der Waals surface area contributed by atoms with E-state index in [4.69, 9.17) is 15.2 Å². The first kappa shape index (κ1) is 11.8. The van der Waals surface area contributed by atoms with Gasteiger partial charge in [-0.3, -0.25) is 0 Å². The third kappa shape index (κ3) is 2.07. The van der Waals surface area contributed by atoms with Gasteiger partial charge in [0.15, 0.2) is 0 Å². The van der Waals surface area contributed by atoms with E-state index < -0.39 is 0 Å². The molecule has 18 heavy (non-hydrogen) atoms. The molecule has 2 aliphatic rings. The molecule has 0 saturated heterocycles. The highest BCUT2D eigenvalue weighted by atomic mass is 16.5. The Morgan fingerprint density at radius 2 is 2.06 bits per heavy atom. The first-order valence-corrected chi connectivity index (χ1v) is 6.88. The van der Waals surface area contributed by atoms with Crippen LogP contribution in [0.3, 0.4) is 0 Å². The normalized spacial score (nSPS) is 27.7. The van der Waals surface area contributed by atoms with Gasteiger partial charge in [0.2, 0.25) is 0 Å². The van der Waals surface area contributed by atoms with Crippen LogP contribution in [0.5, 0.6) is 11.5 Å². The number of nitrogens with two attached hydrogens (primary N) is 1. The van der Waals surface area contributed by atoms with Crippen LogP contribution in [0.2, 0.25) is 0 Å². The van der Waals surface area contributed by atoms with Crippen molar-refractivity contribution in [2.45, 2.75) is 44.2 Å². The van der Waals surface area contributed by atoms with Gasteiger partial charge >= 0.3 is 0 Å². The number of rotatable bonds is 2. The minimum absolute atomic E-state index is 0.102. The molecule has 2 unspecified atom stereocenters. The molecular weight excluding hydrogens is 226 g/mol. The Labute approximate surface area is 108 Å². The molecule has 3 nitrogen and oxygen atoms in total. The van der Waals surface area contributed by atoms with Gasteiger partial charge in [0.25, 0.3) is 0 Å². The van der Waals surface area contributed by atoms with Gasteiger partial charge in [-0.05, 0) is 24.8 Å². The molecule has 0 amide bonds. The molecule has 1 saturated carbocycles. The molecule has 1 aliphatic carbocycles. The molecule has 2 N–H and O–H groups in total. The lowest BCUT2D eigenvalue weighted by Crippen LogP contribution is -2.34. The third-order valence-corrected chi connectivity index (χ3v) is 4.31. The Balaban J connectivity index is 1.85. The van der Waals surface area contributed by atoms with E-state index in [1.54, 1.807) is 7.11 Å². The quantitative estimate of drug-likeness (QED) is 0.873. The van der Waals surface area contributed by atoms with Gasteiger partial charge in [-0.2, -0.15) is 0 Å². The van der Waals surface area contributed by atoms with Crippen LogP contribution in [-0.2, 0) is 0 Å². The average molecular weight is 247 g/mol. The summed E-state index contributed by atoms with van der Waals surface area (Å²) in [6.07, 6.45) is 6.49. The molecule has 3 heteroatoms. The predicted octanol–water partition coefficient (Wildman–Crippen LogP) is 3.04. The number of hydrogen-bond donors (Lipinski definition) is 1. The zero-order valence-electron chi connectivity index (χ0n) is 10.9. The van der Waals surface area contributed by atoms with Crippen LogP contribution in [0.1, 0.15) is 43.7 Å².